The maximum Gasteiger partial charge on any atom is 0.254 e. The Hall–Kier alpha value is -1.73. The third kappa shape index (κ3) is 2.57. The first-order chi connectivity index (χ1) is 11.3. The van der Waals surface area contributed by atoms with Gasteiger partial charge in [-0.3, -0.25) is 9.69 Å². The predicted octanol–water partition coefficient (Wildman–Crippen LogP) is 0.500. The van der Waals surface area contributed by atoms with Crippen molar-refractivity contribution in [2.45, 2.75) is 37.5 Å². The number of likely N-dealkylation sites (tertiary alicyclic amines) is 1. The Kier molecular flexibility index (Phi) is 3.90. The second-order valence-corrected chi connectivity index (χ2v) is 6.57. The first-order valence-corrected chi connectivity index (χ1v) is 8.44. The van der Waals surface area contributed by atoms with Crippen molar-refractivity contribution < 1.29 is 9.53 Å². The van der Waals surface area contributed by atoms with E-state index < -0.39 is 0 Å². The third-order valence-corrected chi connectivity index (χ3v) is 5.35. The van der Waals surface area contributed by atoms with E-state index in [1.807, 2.05) is 0 Å². The van der Waals surface area contributed by atoms with Crippen LogP contribution >= 0.6 is 0 Å². The second kappa shape index (κ2) is 6.05. The zero-order valence-corrected chi connectivity index (χ0v) is 13.4. The monoisotopic (exact) mass is 317 g/mol. The number of anilines is 1. The van der Waals surface area contributed by atoms with E-state index in [4.69, 9.17) is 4.74 Å². The normalized spacial score (nSPS) is 33.1. The molecule has 2 aliphatic heterocycles. The van der Waals surface area contributed by atoms with E-state index in [-0.39, 0.29) is 11.9 Å². The number of aromatic nitrogens is 2. The van der Waals surface area contributed by atoms with E-state index in [1.165, 1.54) is 12.8 Å². The molecule has 124 valence electrons. The number of hydrogen-bond acceptors (Lipinski definition) is 6. The summed E-state index contributed by atoms with van der Waals surface area (Å²) in [6.45, 7) is 3.04. The van der Waals surface area contributed by atoms with Crippen molar-refractivity contribution in [3.05, 3.63) is 18.0 Å². The molecule has 1 saturated carbocycles. The van der Waals surface area contributed by atoms with E-state index in [0.717, 1.165) is 26.1 Å². The van der Waals surface area contributed by atoms with E-state index in [1.54, 1.807) is 19.4 Å². The molecule has 7 nitrogen and oxygen atoms in total. The Bertz CT molecular complexity index is 568. The molecule has 3 fully saturated rings. The SMILES string of the molecule is CNc1ncc(C(=O)N[C@H]2[C@H]3CCO[C@H]3[C@@H]2N2CCCC2)cn1. The number of hydrogen-bond donors (Lipinski definition) is 2. The van der Waals surface area contributed by atoms with Crippen molar-refractivity contribution in [2.75, 3.05) is 32.1 Å². The zero-order valence-electron chi connectivity index (χ0n) is 13.4. The quantitative estimate of drug-likeness (QED) is 0.842. The number of ether oxygens (including phenoxy) is 1. The number of fused-ring (bicyclic) bond motifs is 1. The summed E-state index contributed by atoms with van der Waals surface area (Å²) in [5.74, 6) is 0.874. The van der Waals surface area contributed by atoms with E-state index in [2.05, 4.69) is 25.5 Å². The predicted molar refractivity (Wildman–Crippen MR) is 85.3 cm³/mol. The molecular weight excluding hydrogens is 294 g/mol. The fourth-order valence-corrected chi connectivity index (χ4v) is 4.15. The van der Waals surface area contributed by atoms with Gasteiger partial charge in [-0.25, -0.2) is 9.97 Å². The Balaban J connectivity index is 1.46. The average Bonchev–Trinajstić information content (AvgIpc) is 3.23. The van der Waals surface area contributed by atoms with Crippen LogP contribution in [-0.2, 0) is 4.74 Å². The smallest absolute Gasteiger partial charge is 0.254 e. The summed E-state index contributed by atoms with van der Waals surface area (Å²) in [6.07, 6.45) is 6.96. The molecule has 7 heteroatoms. The van der Waals surface area contributed by atoms with Gasteiger partial charge in [0.05, 0.1) is 23.8 Å². The average molecular weight is 317 g/mol. The minimum atomic E-state index is -0.0906. The molecule has 3 aliphatic rings. The summed E-state index contributed by atoms with van der Waals surface area (Å²) in [4.78, 5) is 23.2. The minimum Gasteiger partial charge on any atom is -0.376 e. The van der Waals surface area contributed by atoms with Gasteiger partial charge in [-0.15, -0.1) is 0 Å². The van der Waals surface area contributed by atoms with Gasteiger partial charge in [0, 0.05) is 32.0 Å². The molecule has 1 aromatic rings. The Labute approximate surface area is 135 Å². The van der Waals surface area contributed by atoms with Crippen LogP contribution < -0.4 is 10.6 Å². The summed E-state index contributed by atoms with van der Waals surface area (Å²) in [7, 11) is 1.75. The highest BCUT2D eigenvalue weighted by molar-refractivity contribution is 5.94. The van der Waals surface area contributed by atoms with Crippen LogP contribution in [0.1, 0.15) is 29.6 Å². The largest absolute Gasteiger partial charge is 0.376 e. The summed E-state index contributed by atoms with van der Waals surface area (Å²) < 4.78 is 5.90. The molecule has 0 bridgehead atoms. The van der Waals surface area contributed by atoms with Gasteiger partial charge >= 0.3 is 0 Å². The van der Waals surface area contributed by atoms with Gasteiger partial charge in [0.15, 0.2) is 0 Å². The van der Waals surface area contributed by atoms with Crippen LogP contribution in [0.15, 0.2) is 12.4 Å². The molecule has 0 unspecified atom stereocenters. The van der Waals surface area contributed by atoms with Gasteiger partial charge in [-0.05, 0) is 32.4 Å². The molecule has 2 saturated heterocycles. The van der Waals surface area contributed by atoms with E-state index in [9.17, 15) is 4.79 Å². The lowest BCUT2D eigenvalue weighted by molar-refractivity contribution is -0.0747. The molecule has 1 aliphatic carbocycles. The van der Waals surface area contributed by atoms with E-state index in [0.29, 0.717) is 29.6 Å². The molecule has 0 aromatic carbocycles. The summed E-state index contributed by atoms with van der Waals surface area (Å²) in [5.41, 5.74) is 0.506. The van der Waals surface area contributed by atoms with Crippen molar-refractivity contribution in [1.29, 1.82) is 0 Å². The highest BCUT2D eigenvalue weighted by Gasteiger charge is 2.56. The molecule has 0 radical (unpaired) electrons. The number of carbonyl (C=O) groups is 1. The number of nitrogens with one attached hydrogen (secondary N) is 2. The summed E-state index contributed by atoms with van der Waals surface area (Å²) in [6, 6.07) is 0.503. The molecule has 1 amide bonds. The van der Waals surface area contributed by atoms with Crippen LogP contribution in [0, 0.1) is 5.92 Å². The van der Waals surface area contributed by atoms with Crippen molar-refractivity contribution in [2.24, 2.45) is 5.92 Å². The van der Waals surface area contributed by atoms with Gasteiger partial charge in [0.2, 0.25) is 5.95 Å². The molecule has 4 atom stereocenters. The highest BCUT2D eigenvalue weighted by Crippen LogP contribution is 2.42. The summed E-state index contributed by atoms with van der Waals surface area (Å²) >= 11 is 0. The van der Waals surface area contributed by atoms with Crippen LogP contribution in [0.25, 0.3) is 0 Å². The molecule has 4 rings (SSSR count). The van der Waals surface area contributed by atoms with Gasteiger partial charge in [0.25, 0.3) is 5.91 Å². The molecule has 3 heterocycles. The van der Waals surface area contributed by atoms with Gasteiger partial charge < -0.3 is 15.4 Å². The molecule has 0 spiro atoms. The molecule has 23 heavy (non-hydrogen) atoms. The number of carbonyl (C=O) groups excluding carboxylic acids is 1. The third-order valence-electron chi connectivity index (χ3n) is 5.35. The van der Waals surface area contributed by atoms with Crippen LogP contribution in [0.4, 0.5) is 5.95 Å². The van der Waals surface area contributed by atoms with Crippen LogP contribution in [0.2, 0.25) is 0 Å². The first-order valence-electron chi connectivity index (χ1n) is 8.44. The maximum atomic E-state index is 12.5. The van der Waals surface area contributed by atoms with Crippen molar-refractivity contribution in [3.8, 4) is 0 Å². The van der Waals surface area contributed by atoms with Gasteiger partial charge in [-0.2, -0.15) is 0 Å². The van der Waals surface area contributed by atoms with Gasteiger partial charge in [0.1, 0.15) is 0 Å². The van der Waals surface area contributed by atoms with Gasteiger partial charge in [-0.1, -0.05) is 0 Å². The Morgan fingerprint density at radius 1 is 1.30 bits per heavy atom. The highest BCUT2D eigenvalue weighted by atomic mass is 16.5. The number of nitrogens with zero attached hydrogens (tertiary/aromatic N) is 3. The molecule has 1 aromatic heterocycles. The lowest BCUT2D eigenvalue weighted by Crippen LogP contribution is -2.70. The Morgan fingerprint density at radius 2 is 2.04 bits per heavy atom. The minimum absolute atomic E-state index is 0.0906. The Morgan fingerprint density at radius 3 is 2.74 bits per heavy atom. The van der Waals surface area contributed by atoms with Crippen molar-refractivity contribution in [1.82, 2.24) is 20.2 Å². The van der Waals surface area contributed by atoms with Crippen LogP contribution in [-0.4, -0.2) is 65.7 Å². The fraction of sp³-hybridized carbons (Fsp3) is 0.688. The lowest BCUT2D eigenvalue weighted by atomic mass is 9.70. The molecule has 2 N–H and O–H groups in total. The van der Waals surface area contributed by atoms with Crippen molar-refractivity contribution in [3.63, 3.8) is 0 Å². The standard InChI is InChI=1S/C16H23N5O2/c1-17-16-18-8-10(9-19-16)15(22)20-12-11-4-7-23-14(11)13(12)21-5-2-3-6-21/h8-9,11-14H,2-7H2,1H3,(H,20,22)(H,17,18,19)/t11-,12+,13-,14-/m1/s1. The lowest BCUT2D eigenvalue weighted by Gasteiger charge is -2.51. The number of rotatable bonds is 4. The van der Waals surface area contributed by atoms with E-state index >= 15 is 0 Å². The number of amides is 1. The topological polar surface area (TPSA) is 79.4 Å². The fourth-order valence-electron chi connectivity index (χ4n) is 4.15. The van der Waals surface area contributed by atoms with Crippen molar-refractivity contribution >= 4 is 11.9 Å². The summed E-state index contributed by atoms with van der Waals surface area (Å²) in [5, 5.41) is 6.06. The molecular formula is C16H23N5O2. The first kappa shape index (κ1) is 14.8. The maximum absolute atomic E-state index is 12.5. The zero-order chi connectivity index (χ0) is 15.8. The second-order valence-electron chi connectivity index (χ2n) is 6.57. The van der Waals surface area contributed by atoms with Crippen LogP contribution in [0.3, 0.4) is 0 Å². The van der Waals surface area contributed by atoms with Crippen LogP contribution in [0.5, 0.6) is 0 Å².